The van der Waals surface area contributed by atoms with E-state index in [1.807, 2.05) is 0 Å². The Bertz CT molecular complexity index is 322. The third-order valence-corrected chi connectivity index (χ3v) is 3.70. The van der Waals surface area contributed by atoms with Crippen LogP contribution >= 0.6 is 0 Å². The van der Waals surface area contributed by atoms with Gasteiger partial charge in [-0.1, -0.05) is 0 Å². The first-order chi connectivity index (χ1) is 6.93. The van der Waals surface area contributed by atoms with E-state index >= 15 is 0 Å². The van der Waals surface area contributed by atoms with Crippen LogP contribution in [0.1, 0.15) is 6.92 Å². The fourth-order valence-electron chi connectivity index (χ4n) is 1.14. The molecule has 1 atom stereocenters. The fraction of sp³-hybridized carbons (Fsp3) is 0.857. The third-order valence-electron chi connectivity index (χ3n) is 2.01. The van der Waals surface area contributed by atoms with Crippen LogP contribution in [0.5, 0.6) is 0 Å². The molecular weight excluding hydrogens is 224 g/mol. The van der Waals surface area contributed by atoms with Gasteiger partial charge in [0.25, 0.3) is 10.2 Å². The van der Waals surface area contributed by atoms with Crippen molar-refractivity contribution in [3.05, 3.63) is 0 Å². The van der Waals surface area contributed by atoms with Gasteiger partial charge in [0.05, 0.1) is 13.2 Å². The van der Waals surface area contributed by atoms with Crippen LogP contribution < -0.4 is 4.72 Å². The number of carbonyl (C=O) groups is 1. The first-order valence-corrected chi connectivity index (χ1v) is 5.95. The van der Waals surface area contributed by atoms with E-state index < -0.39 is 22.2 Å². The molecule has 0 spiro atoms. The Labute approximate surface area is 88.2 Å². The minimum Gasteiger partial charge on any atom is -0.480 e. The smallest absolute Gasteiger partial charge is 0.321 e. The van der Waals surface area contributed by atoms with Crippen molar-refractivity contribution in [1.82, 2.24) is 9.03 Å². The standard InChI is InChI=1S/C7H14N2O5S/c1-6(7(10)11)8-15(12,13)9-2-4-14-5-3-9/h6,8H,2-5H2,1H3,(H,10,11)/t6-/m0/s1. The normalized spacial score (nSPS) is 21.1. The third kappa shape index (κ3) is 3.42. The number of nitrogens with zero attached hydrogens (tertiary/aromatic N) is 1. The minimum atomic E-state index is -3.71. The average molecular weight is 238 g/mol. The Morgan fingerprint density at radius 3 is 2.47 bits per heavy atom. The fourth-order valence-corrected chi connectivity index (χ4v) is 2.46. The zero-order chi connectivity index (χ0) is 11.5. The highest BCUT2D eigenvalue weighted by molar-refractivity contribution is 7.87. The Morgan fingerprint density at radius 2 is 2.00 bits per heavy atom. The van der Waals surface area contributed by atoms with Crippen LogP contribution in [0.15, 0.2) is 0 Å². The summed E-state index contributed by atoms with van der Waals surface area (Å²) in [5, 5.41) is 8.57. The van der Waals surface area contributed by atoms with Gasteiger partial charge in [-0.25, -0.2) is 0 Å². The Morgan fingerprint density at radius 1 is 1.47 bits per heavy atom. The van der Waals surface area contributed by atoms with Crippen LogP contribution in [0.3, 0.4) is 0 Å². The molecule has 15 heavy (non-hydrogen) atoms. The average Bonchev–Trinajstić information content (AvgIpc) is 2.18. The SMILES string of the molecule is C[C@H](NS(=O)(=O)N1CCOCC1)C(=O)O. The molecule has 1 aliphatic rings. The van der Waals surface area contributed by atoms with E-state index in [0.717, 1.165) is 0 Å². The molecule has 0 aromatic carbocycles. The molecule has 1 aliphatic heterocycles. The molecule has 8 heteroatoms. The maximum Gasteiger partial charge on any atom is 0.321 e. The van der Waals surface area contributed by atoms with Crippen molar-refractivity contribution < 1.29 is 23.1 Å². The van der Waals surface area contributed by atoms with Gasteiger partial charge in [0.1, 0.15) is 6.04 Å². The van der Waals surface area contributed by atoms with E-state index in [9.17, 15) is 13.2 Å². The molecular formula is C7H14N2O5S. The number of ether oxygens (including phenoxy) is 1. The van der Waals surface area contributed by atoms with E-state index in [1.54, 1.807) is 0 Å². The highest BCUT2D eigenvalue weighted by atomic mass is 32.2. The summed E-state index contributed by atoms with van der Waals surface area (Å²) in [5.74, 6) is -1.20. The van der Waals surface area contributed by atoms with Gasteiger partial charge in [0.15, 0.2) is 0 Å². The molecule has 1 fully saturated rings. The van der Waals surface area contributed by atoms with Crippen LogP contribution in [0, 0.1) is 0 Å². The first-order valence-electron chi connectivity index (χ1n) is 4.51. The monoisotopic (exact) mass is 238 g/mol. The van der Waals surface area contributed by atoms with Gasteiger partial charge in [-0.3, -0.25) is 4.79 Å². The summed E-state index contributed by atoms with van der Waals surface area (Å²) in [6.45, 7) is 2.45. The van der Waals surface area contributed by atoms with Crippen molar-refractivity contribution in [2.24, 2.45) is 0 Å². The predicted octanol–water partition coefficient (Wildman–Crippen LogP) is -1.37. The summed E-state index contributed by atoms with van der Waals surface area (Å²) in [5.41, 5.74) is 0. The number of morpholine rings is 1. The van der Waals surface area contributed by atoms with Gasteiger partial charge in [-0.2, -0.15) is 17.4 Å². The zero-order valence-corrected chi connectivity index (χ0v) is 9.16. The molecule has 1 heterocycles. The second-order valence-electron chi connectivity index (χ2n) is 3.19. The van der Waals surface area contributed by atoms with Crippen molar-refractivity contribution >= 4 is 16.2 Å². The van der Waals surface area contributed by atoms with E-state index in [-0.39, 0.29) is 13.1 Å². The molecule has 0 unspecified atom stereocenters. The molecule has 0 saturated carbocycles. The van der Waals surface area contributed by atoms with Crippen molar-refractivity contribution in [2.75, 3.05) is 26.3 Å². The molecule has 0 aliphatic carbocycles. The molecule has 7 nitrogen and oxygen atoms in total. The maximum atomic E-state index is 11.6. The molecule has 2 N–H and O–H groups in total. The van der Waals surface area contributed by atoms with Gasteiger partial charge in [-0.15, -0.1) is 0 Å². The number of aliphatic carboxylic acids is 1. The molecule has 1 saturated heterocycles. The summed E-state index contributed by atoms with van der Waals surface area (Å²) in [4.78, 5) is 10.5. The van der Waals surface area contributed by atoms with Gasteiger partial charge in [-0.05, 0) is 6.92 Å². The number of rotatable bonds is 4. The van der Waals surface area contributed by atoms with Crippen molar-refractivity contribution in [3.63, 3.8) is 0 Å². The minimum absolute atomic E-state index is 0.252. The molecule has 88 valence electrons. The van der Waals surface area contributed by atoms with Gasteiger partial charge >= 0.3 is 5.97 Å². The van der Waals surface area contributed by atoms with Gasteiger partial charge in [0, 0.05) is 13.1 Å². The molecule has 0 amide bonds. The van der Waals surface area contributed by atoms with E-state index in [2.05, 4.69) is 4.72 Å². The van der Waals surface area contributed by atoms with Crippen LogP contribution in [0.25, 0.3) is 0 Å². The Hall–Kier alpha value is -0.700. The Kier molecular flexibility index (Phi) is 4.03. The van der Waals surface area contributed by atoms with Crippen LogP contribution in [-0.2, 0) is 19.7 Å². The highest BCUT2D eigenvalue weighted by Gasteiger charge is 2.27. The second-order valence-corrected chi connectivity index (χ2v) is 4.90. The number of carboxylic acids is 1. The van der Waals surface area contributed by atoms with Crippen LogP contribution in [0.2, 0.25) is 0 Å². The van der Waals surface area contributed by atoms with Crippen molar-refractivity contribution in [2.45, 2.75) is 13.0 Å². The van der Waals surface area contributed by atoms with E-state index in [4.69, 9.17) is 9.84 Å². The van der Waals surface area contributed by atoms with Gasteiger partial charge in [0.2, 0.25) is 0 Å². The summed E-state index contributed by atoms with van der Waals surface area (Å²) in [6, 6.07) is -1.13. The molecule has 0 radical (unpaired) electrons. The molecule has 1 rings (SSSR count). The number of hydrogen-bond donors (Lipinski definition) is 2. The number of carboxylic acid groups (broad SMARTS) is 1. The summed E-state index contributed by atoms with van der Waals surface area (Å²) < 4.78 is 31.4. The predicted molar refractivity (Wildman–Crippen MR) is 51.5 cm³/mol. The Balaban J connectivity index is 2.61. The van der Waals surface area contributed by atoms with Crippen LogP contribution in [0.4, 0.5) is 0 Å². The number of hydrogen-bond acceptors (Lipinski definition) is 4. The number of nitrogens with one attached hydrogen (secondary N) is 1. The molecule has 0 bridgehead atoms. The first kappa shape index (κ1) is 12.4. The summed E-state index contributed by atoms with van der Waals surface area (Å²) in [7, 11) is -3.71. The highest BCUT2D eigenvalue weighted by Crippen LogP contribution is 2.03. The lowest BCUT2D eigenvalue weighted by Gasteiger charge is -2.26. The summed E-state index contributed by atoms with van der Waals surface area (Å²) >= 11 is 0. The zero-order valence-electron chi connectivity index (χ0n) is 8.34. The lowest BCUT2D eigenvalue weighted by Crippen LogP contribution is -2.50. The van der Waals surface area contributed by atoms with Crippen LogP contribution in [-0.4, -0.2) is 56.1 Å². The molecule has 0 aromatic heterocycles. The molecule has 0 aromatic rings. The second kappa shape index (κ2) is 4.88. The van der Waals surface area contributed by atoms with Crippen molar-refractivity contribution in [3.8, 4) is 0 Å². The summed E-state index contributed by atoms with van der Waals surface area (Å²) in [6.07, 6.45) is 0. The van der Waals surface area contributed by atoms with Crippen molar-refractivity contribution in [1.29, 1.82) is 0 Å². The lowest BCUT2D eigenvalue weighted by atomic mass is 10.4. The van der Waals surface area contributed by atoms with E-state index in [0.29, 0.717) is 13.2 Å². The lowest BCUT2D eigenvalue weighted by molar-refractivity contribution is -0.138. The largest absolute Gasteiger partial charge is 0.480 e. The quantitative estimate of drug-likeness (QED) is 0.629. The topological polar surface area (TPSA) is 95.9 Å². The van der Waals surface area contributed by atoms with Gasteiger partial charge < -0.3 is 9.84 Å². The maximum absolute atomic E-state index is 11.6. The van der Waals surface area contributed by atoms with E-state index in [1.165, 1.54) is 11.2 Å².